The molecule has 0 aliphatic heterocycles. The monoisotopic (exact) mass is 285 g/mol. The highest BCUT2D eigenvalue weighted by Gasteiger charge is 2.16. The van der Waals surface area contributed by atoms with Crippen molar-refractivity contribution in [1.82, 2.24) is 4.57 Å². The standard InChI is InChI=1S/C21H19N/c1-15-10-12-17(13-11-15)22-20-8-4-3-7-18(20)19-14-16(2)6-5-9-21(19)22/h3-5,7-14H,6H2,1-2H3. The molecular weight excluding hydrogens is 266 g/mol. The minimum absolute atomic E-state index is 1.02. The van der Waals surface area contributed by atoms with Gasteiger partial charge in [-0.25, -0.2) is 0 Å². The lowest BCUT2D eigenvalue weighted by molar-refractivity contribution is 1.10. The van der Waals surface area contributed by atoms with Gasteiger partial charge in [-0.3, -0.25) is 0 Å². The van der Waals surface area contributed by atoms with Crippen molar-refractivity contribution < 1.29 is 0 Å². The van der Waals surface area contributed by atoms with E-state index in [9.17, 15) is 0 Å². The van der Waals surface area contributed by atoms with Crippen molar-refractivity contribution in [2.24, 2.45) is 0 Å². The Bertz CT molecular complexity index is 905. The fourth-order valence-electron chi connectivity index (χ4n) is 3.23. The van der Waals surface area contributed by atoms with E-state index in [1.54, 1.807) is 0 Å². The number of benzene rings is 2. The molecule has 0 radical (unpaired) electrons. The third-order valence-electron chi connectivity index (χ3n) is 4.35. The maximum Gasteiger partial charge on any atom is 0.0541 e. The zero-order chi connectivity index (χ0) is 15.1. The topological polar surface area (TPSA) is 4.93 Å². The van der Waals surface area contributed by atoms with E-state index in [1.165, 1.54) is 39.0 Å². The Kier molecular flexibility index (Phi) is 3.00. The van der Waals surface area contributed by atoms with Crippen LogP contribution < -0.4 is 0 Å². The predicted molar refractivity (Wildman–Crippen MR) is 95.3 cm³/mol. The molecule has 0 spiro atoms. The third kappa shape index (κ3) is 2.01. The van der Waals surface area contributed by atoms with Crippen LogP contribution in [0.25, 0.3) is 28.7 Å². The summed E-state index contributed by atoms with van der Waals surface area (Å²) < 4.78 is 2.37. The second kappa shape index (κ2) is 5.03. The number of para-hydroxylation sites is 1. The molecule has 1 heterocycles. The molecule has 4 rings (SSSR count). The van der Waals surface area contributed by atoms with Crippen molar-refractivity contribution in [2.75, 3.05) is 0 Å². The van der Waals surface area contributed by atoms with Crippen LogP contribution in [0, 0.1) is 6.92 Å². The van der Waals surface area contributed by atoms with Gasteiger partial charge in [0.2, 0.25) is 0 Å². The van der Waals surface area contributed by atoms with Gasteiger partial charge >= 0.3 is 0 Å². The minimum atomic E-state index is 1.02. The summed E-state index contributed by atoms with van der Waals surface area (Å²) in [5.74, 6) is 0. The molecule has 1 heteroatoms. The smallest absolute Gasteiger partial charge is 0.0541 e. The van der Waals surface area contributed by atoms with E-state index in [4.69, 9.17) is 0 Å². The average Bonchev–Trinajstić information content (AvgIpc) is 2.69. The van der Waals surface area contributed by atoms with Gasteiger partial charge < -0.3 is 4.57 Å². The van der Waals surface area contributed by atoms with Gasteiger partial charge in [0.15, 0.2) is 0 Å². The van der Waals surface area contributed by atoms with E-state index in [1.807, 2.05) is 0 Å². The second-order valence-corrected chi connectivity index (χ2v) is 6.08. The highest BCUT2D eigenvalue weighted by atomic mass is 15.0. The highest BCUT2D eigenvalue weighted by Crippen LogP contribution is 2.34. The molecule has 0 atom stereocenters. The van der Waals surface area contributed by atoms with E-state index in [0.29, 0.717) is 0 Å². The van der Waals surface area contributed by atoms with Crippen LogP contribution in [0.1, 0.15) is 30.2 Å². The molecule has 2 aromatic carbocycles. The van der Waals surface area contributed by atoms with Crippen LogP contribution in [0.2, 0.25) is 0 Å². The van der Waals surface area contributed by atoms with Crippen molar-refractivity contribution in [1.29, 1.82) is 0 Å². The maximum absolute atomic E-state index is 2.37. The largest absolute Gasteiger partial charge is 0.309 e. The summed E-state index contributed by atoms with van der Waals surface area (Å²) >= 11 is 0. The van der Waals surface area contributed by atoms with Gasteiger partial charge in [-0.1, -0.05) is 53.6 Å². The van der Waals surface area contributed by atoms with Crippen molar-refractivity contribution in [2.45, 2.75) is 20.3 Å². The fraction of sp³-hybridized carbons (Fsp3) is 0.143. The average molecular weight is 285 g/mol. The van der Waals surface area contributed by atoms with E-state index in [0.717, 1.165) is 6.42 Å². The molecule has 0 saturated carbocycles. The first kappa shape index (κ1) is 13.1. The van der Waals surface area contributed by atoms with Gasteiger partial charge in [0.1, 0.15) is 0 Å². The van der Waals surface area contributed by atoms with Crippen LogP contribution in [0.3, 0.4) is 0 Å². The Hall–Kier alpha value is -2.54. The lowest BCUT2D eigenvalue weighted by atomic mass is 10.1. The zero-order valence-electron chi connectivity index (χ0n) is 13.0. The highest BCUT2D eigenvalue weighted by molar-refractivity contribution is 5.96. The quantitative estimate of drug-likeness (QED) is 0.535. The number of hydrogen-bond donors (Lipinski definition) is 0. The first-order valence-corrected chi connectivity index (χ1v) is 7.78. The first-order chi connectivity index (χ1) is 10.7. The number of hydrogen-bond acceptors (Lipinski definition) is 0. The summed E-state index contributed by atoms with van der Waals surface area (Å²) in [6.07, 6.45) is 7.89. The van der Waals surface area contributed by atoms with Gasteiger partial charge in [-0.15, -0.1) is 0 Å². The molecule has 0 unspecified atom stereocenters. The molecule has 1 aliphatic rings. The van der Waals surface area contributed by atoms with Crippen molar-refractivity contribution in [3.05, 3.63) is 77.0 Å². The molecule has 22 heavy (non-hydrogen) atoms. The number of nitrogens with zero attached hydrogens (tertiary/aromatic N) is 1. The maximum atomic E-state index is 2.37. The number of aryl methyl sites for hydroxylation is 1. The lowest BCUT2D eigenvalue weighted by Gasteiger charge is -2.09. The van der Waals surface area contributed by atoms with Gasteiger partial charge in [0.25, 0.3) is 0 Å². The summed E-state index contributed by atoms with van der Waals surface area (Å²) in [6, 6.07) is 17.4. The molecule has 0 N–H and O–H groups in total. The SMILES string of the molecule is CC1=Cc2c(n(-c3ccc(C)cc3)c3ccccc23)C=CC1. The van der Waals surface area contributed by atoms with Crippen molar-refractivity contribution in [3.8, 4) is 5.69 Å². The van der Waals surface area contributed by atoms with E-state index in [2.05, 4.69) is 85.2 Å². The molecular formula is C21H19N. The Morgan fingerprint density at radius 1 is 0.909 bits per heavy atom. The summed E-state index contributed by atoms with van der Waals surface area (Å²) in [7, 11) is 0. The molecule has 1 aliphatic carbocycles. The zero-order valence-corrected chi connectivity index (χ0v) is 13.0. The van der Waals surface area contributed by atoms with Crippen LogP contribution in [-0.4, -0.2) is 4.57 Å². The molecule has 0 amide bonds. The Morgan fingerprint density at radius 2 is 1.68 bits per heavy atom. The van der Waals surface area contributed by atoms with E-state index < -0.39 is 0 Å². The summed E-state index contributed by atoms with van der Waals surface area (Å²) in [4.78, 5) is 0. The number of rotatable bonds is 1. The number of allylic oxidation sites excluding steroid dienone is 2. The fourth-order valence-corrected chi connectivity index (χ4v) is 3.23. The third-order valence-corrected chi connectivity index (χ3v) is 4.35. The predicted octanol–water partition coefficient (Wildman–Crippen LogP) is 5.76. The van der Waals surface area contributed by atoms with E-state index in [-0.39, 0.29) is 0 Å². The number of aromatic nitrogens is 1. The first-order valence-electron chi connectivity index (χ1n) is 7.78. The molecule has 0 fully saturated rings. The summed E-state index contributed by atoms with van der Waals surface area (Å²) in [5, 5.41) is 1.32. The van der Waals surface area contributed by atoms with Gasteiger partial charge in [-0.05, 0) is 44.5 Å². The Labute approximate surface area is 131 Å². The molecule has 0 bridgehead atoms. The van der Waals surface area contributed by atoms with Crippen LogP contribution in [0.4, 0.5) is 0 Å². The molecule has 1 nitrogen and oxygen atoms in total. The minimum Gasteiger partial charge on any atom is -0.309 e. The van der Waals surface area contributed by atoms with Gasteiger partial charge in [0, 0.05) is 16.6 Å². The summed E-state index contributed by atoms with van der Waals surface area (Å²) in [6.45, 7) is 4.33. The summed E-state index contributed by atoms with van der Waals surface area (Å²) in [5.41, 5.74) is 7.80. The van der Waals surface area contributed by atoms with Crippen LogP contribution >= 0.6 is 0 Å². The van der Waals surface area contributed by atoms with E-state index >= 15 is 0 Å². The van der Waals surface area contributed by atoms with Crippen LogP contribution in [0.15, 0.2) is 60.2 Å². The Morgan fingerprint density at radius 3 is 2.50 bits per heavy atom. The normalized spacial score (nSPS) is 13.8. The van der Waals surface area contributed by atoms with Gasteiger partial charge in [-0.2, -0.15) is 0 Å². The van der Waals surface area contributed by atoms with Gasteiger partial charge in [0.05, 0.1) is 11.2 Å². The molecule has 0 saturated heterocycles. The van der Waals surface area contributed by atoms with Crippen molar-refractivity contribution >= 4 is 23.1 Å². The lowest BCUT2D eigenvalue weighted by Crippen LogP contribution is -1.96. The van der Waals surface area contributed by atoms with Crippen molar-refractivity contribution in [3.63, 3.8) is 0 Å². The number of fused-ring (bicyclic) bond motifs is 3. The molecule has 3 aromatic rings. The molecule has 1 aromatic heterocycles. The Balaban J connectivity index is 2.10. The van der Waals surface area contributed by atoms with Crippen LogP contribution in [-0.2, 0) is 0 Å². The van der Waals surface area contributed by atoms with Crippen LogP contribution in [0.5, 0.6) is 0 Å². The second-order valence-electron chi connectivity index (χ2n) is 6.08. The molecule has 108 valence electrons.